The van der Waals surface area contributed by atoms with E-state index < -0.39 is 0 Å². The van der Waals surface area contributed by atoms with Crippen molar-refractivity contribution in [3.8, 4) is 27.9 Å². The highest BCUT2D eigenvalue weighted by Crippen LogP contribution is 2.45. The zero-order valence-corrected chi connectivity index (χ0v) is 34.2. The van der Waals surface area contributed by atoms with E-state index in [1.165, 1.54) is 54.5 Å². The van der Waals surface area contributed by atoms with Gasteiger partial charge in [0.05, 0.1) is 16.7 Å². The van der Waals surface area contributed by atoms with Crippen molar-refractivity contribution in [3.63, 3.8) is 0 Å². The van der Waals surface area contributed by atoms with Crippen molar-refractivity contribution < 1.29 is 4.42 Å². The molecule has 13 aromatic rings. The third-order valence-corrected chi connectivity index (χ3v) is 13.0. The predicted molar refractivity (Wildman–Crippen MR) is 266 cm³/mol. The highest BCUT2D eigenvalue weighted by molar-refractivity contribution is 6.20. The molecule has 0 atom stereocenters. The molecule has 63 heavy (non-hydrogen) atoms. The zero-order chi connectivity index (χ0) is 41.4. The third-order valence-electron chi connectivity index (χ3n) is 13.0. The van der Waals surface area contributed by atoms with Crippen LogP contribution in [0.1, 0.15) is 0 Å². The Morgan fingerprint density at radius 1 is 0.317 bits per heavy atom. The Hall–Kier alpha value is -8.40. The maximum atomic E-state index is 6.93. The number of rotatable bonds is 6. The fourth-order valence-corrected chi connectivity index (χ4v) is 10.1. The lowest BCUT2D eigenvalue weighted by Crippen LogP contribution is -2.10. The fourth-order valence-electron chi connectivity index (χ4n) is 10.1. The average molecular weight is 803 g/mol. The Labute approximate surface area is 363 Å². The number of fused-ring (bicyclic) bond motifs is 11. The molecule has 2 heterocycles. The summed E-state index contributed by atoms with van der Waals surface area (Å²) in [5.74, 6) is 0. The monoisotopic (exact) mass is 802 g/mol. The van der Waals surface area contributed by atoms with Crippen molar-refractivity contribution in [2.45, 2.75) is 0 Å². The standard InChI is InChI=1S/C60H38N2O/c1-2-14-39(15-3-1)46-22-12-23-53-54-37-36-51-52(60(54)63-59(46)53)24-13-27-56(51)61(43-32-34-44(35-33-43)62-57-25-10-8-20-49(57)50-21-9-11-26-58(50)62)42-30-28-40(29-31-42)55-38-41-16-4-5-17-45(41)47-18-6-7-19-48(47)55/h1-38H. The fraction of sp³-hybridized carbons (Fsp3) is 0. The second kappa shape index (κ2) is 14.1. The first-order valence-electron chi connectivity index (χ1n) is 21.6. The van der Waals surface area contributed by atoms with Crippen molar-refractivity contribution in [1.29, 1.82) is 0 Å². The van der Waals surface area contributed by atoms with Gasteiger partial charge in [-0.25, -0.2) is 0 Å². The second-order valence-electron chi connectivity index (χ2n) is 16.4. The average Bonchev–Trinajstić information content (AvgIpc) is 3.91. The number of nitrogens with zero attached hydrogens (tertiary/aromatic N) is 2. The highest BCUT2D eigenvalue weighted by atomic mass is 16.3. The Bertz CT molecular complexity index is 3840. The van der Waals surface area contributed by atoms with Crippen molar-refractivity contribution in [2.75, 3.05) is 4.90 Å². The Morgan fingerprint density at radius 2 is 0.841 bits per heavy atom. The van der Waals surface area contributed by atoms with E-state index in [0.29, 0.717) is 0 Å². The molecule has 0 amide bonds. The molecular formula is C60H38N2O. The molecule has 0 aliphatic heterocycles. The first-order chi connectivity index (χ1) is 31.3. The number of para-hydroxylation sites is 3. The van der Waals surface area contributed by atoms with Crippen molar-refractivity contribution in [1.82, 2.24) is 4.57 Å². The molecule has 0 bridgehead atoms. The molecule has 0 aliphatic carbocycles. The second-order valence-corrected chi connectivity index (χ2v) is 16.4. The summed E-state index contributed by atoms with van der Waals surface area (Å²) in [5.41, 5.74) is 13.2. The Morgan fingerprint density at radius 3 is 1.57 bits per heavy atom. The van der Waals surface area contributed by atoms with E-state index in [1.807, 2.05) is 0 Å². The Balaban J connectivity index is 0.996. The number of hydrogen-bond acceptors (Lipinski definition) is 2. The summed E-state index contributed by atoms with van der Waals surface area (Å²) in [6, 6.07) is 83.4. The van der Waals surface area contributed by atoms with Crippen LogP contribution in [0, 0.1) is 0 Å². The van der Waals surface area contributed by atoms with Crippen LogP contribution in [0.25, 0.3) is 104 Å². The summed E-state index contributed by atoms with van der Waals surface area (Å²) < 4.78 is 9.31. The van der Waals surface area contributed by atoms with Crippen LogP contribution in [0.5, 0.6) is 0 Å². The van der Waals surface area contributed by atoms with Gasteiger partial charge >= 0.3 is 0 Å². The molecule has 0 spiro atoms. The topological polar surface area (TPSA) is 21.3 Å². The maximum Gasteiger partial charge on any atom is 0.143 e. The summed E-state index contributed by atoms with van der Waals surface area (Å²) in [7, 11) is 0. The summed E-state index contributed by atoms with van der Waals surface area (Å²) in [6.45, 7) is 0. The first kappa shape index (κ1) is 35.4. The normalized spacial score (nSPS) is 11.8. The van der Waals surface area contributed by atoms with Gasteiger partial charge in [0.2, 0.25) is 0 Å². The van der Waals surface area contributed by atoms with Crippen LogP contribution in [0.15, 0.2) is 235 Å². The summed E-state index contributed by atoms with van der Waals surface area (Å²) in [6.07, 6.45) is 0. The van der Waals surface area contributed by atoms with Crippen LogP contribution in [0.4, 0.5) is 17.1 Å². The molecule has 2 aromatic heterocycles. The van der Waals surface area contributed by atoms with Crippen LogP contribution < -0.4 is 4.90 Å². The van der Waals surface area contributed by atoms with Crippen molar-refractivity contribution in [3.05, 3.63) is 231 Å². The number of hydrogen-bond donors (Lipinski definition) is 0. The van der Waals surface area contributed by atoms with Gasteiger partial charge in [0, 0.05) is 54.9 Å². The molecule has 11 aromatic carbocycles. The minimum Gasteiger partial charge on any atom is -0.455 e. The zero-order valence-electron chi connectivity index (χ0n) is 34.2. The largest absolute Gasteiger partial charge is 0.455 e. The number of benzene rings is 11. The molecule has 0 N–H and O–H groups in total. The third kappa shape index (κ3) is 5.53. The molecule has 3 nitrogen and oxygen atoms in total. The van der Waals surface area contributed by atoms with Gasteiger partial charge in [0.15, 0.2) is 0 Å². The number of anilines is 3. The molecule has 0 saturated carbocycles. The van der Waals surface area contributed by atoms with Gasteiger partial charge in [-0.2, -0.15) is 0 Å². The van der Waals surface area contributed by atoms with Crippen LogP contribution >= 0.6 is 0 Å². The smallest absolute Gasteiger partial charge is 0.143 e. The van der Waals surface area contributed by atoms with E-state index in [9.17, 15) is 0 Å². The van der Waals surface area contributed by atoms with E-state index in [2.05, 4.69) is 240 Å². The van der Waals surface area contributed by atoms with Gasteiger partial charge in [-0.1, -0.05) is 164 Å². The van der Waals surface area contributed by atoms with Gasteiger partial charge in [-0.05, 0) is 105 Å². The van der Waals surface area contributed by atoms with Gasteiger partial charge in [-0.3, -0.25) is 0 Å². The molecule has 0 fully saturated rings. The van der Waals surface area contributed by atoms with E-state index in [-0.39, 0.29) is 0 Å². The van der Waals surface area contributed by atoms with Gasteiger partial charge in [0.1, 0.15) is 11.2 Å². The minimum absolute atomic E-state index is 0.896. The molecule has 0 aliphatic rings. The van der Waals surface area contributed by atoms with E-state index >= 15 is 0 Å². The number of furan rings is 1. The van der Waals surface area contributed by atoms with Crippen LogP contribution in [-0.2, 0) is 0 Å². The van der Waals surface area contributed by atoms with Crippen LogP contribution in [0.2, 0.25) is 0 Å². The molecule has 3 heteroatoms. The maximum absolute atomic E-state index is 6.93. The van der Waals surface area contributed by atoms with Gasteiger partial charge in [-0.15, -0.1) is 0 Å². The Kier molecular flexibility index (Phi) is 7.91. The molecule has 0 unspecified atom stereocenters. The van der Waals surface area contributed by atoms with E-state index in [1.54, 1.807) is 0 Å². The van der Waals surface area contributed by atoms with Crippen LogP contribution in [0.3, 0.4) is 0 Å². The number of aromatic nitrogens is 1. The lowest BCUT2D eigenvalue weighted by Gasteiger charge is -2.27. The molecule has 13 rings (SSSR count). The summed E-state index contributed by atoms with van der Waals surface area (Å²) >= 11 is 0. The molecular weight excluding hydrogens is 765 g/mol. The summed E-state index contributed by atoms with van der Waals surface area (Å²) in [5, 5.41) is 12.0. The van der Waals surface area contributed by atoms with Crippen LogP contribution in [-0.4, -0.2) is 4.57 Å². The molecule has 294 valence electrons. The summed E-state index contributed by atoms with van der Waals surface area (Å²) in [4.78, 5) is 2.39. The van der Waals surface area contributed by atoms with E-state index in [0.717, 1.165) is 66.6 Å². The molecule has 0 saturated heterocycles. The highest BCUT2D eigenvalue weighted by Gasteiger charge is 2.21. The molecule has 0 radical (unpaired) electrons. The SMILES string of the molecule is c1ccc(-c2cccc3c2oc2c4cccc(N(c5ccc(-c6cc7ccccc7c7ccccc67)cc5)c5ccc(-n6c7ccccc7c7ccccc76)cc5)c4ccc32)cc1. The lowest BCUT2D eigenvalue weighted by molar-refractivity contribution is 0.674. The van der Waals surface area contributed by atoms with Gasteiger partial charge in [0.25, 0.3) is 0 Å². The first-order valence-corrected chi connectivity index (χ1v) is 21.6. The predicted octanol–water partition coefficient (Wildman–Crippen LogP) is 16.9. The lowest BCUT2D eigenvalue weighted by atomic mass is 9.93. The quantitative estimate of drug-likeness (QED) is 0.156. The van der Waals surface area contributed by atoms with Crippen molar-refractivity contribution >= 4 is 93.1 Å². The van der Waals surface area contributed by atoms with Crippen molar-refractivity contribution in [2.24, 2.45) is 0 Å². The van der Waals surface area contributed by atoms with E-state index in [4.69, 9.17) is 4.42 Å². The van der Waals surface area contributed by atoms with Gasteiger partial charge < -0.3 is 13.9 Å². The minimum atomic E-state index is 0.896.